The molecule has 0 aromatic heterocycles. The van der Waals surface area contributed by atoms with Crippen LogP contribution in [0.5, 0.6) is 11.5 Å². The molecule has 96 valence electrons. The van der Waals surface area contributed by atoms with E-state index in [1.807, 2.05) is 36.4 Å². The lowest BCUT2D eigenvalue weighted by Crippen LogP contribution is -1.80. The van der Waals surface area contributed by atoms with Gasteiger partial charge in [0.1, 0.15) is 11.5 Å². The van der Waals surface area contributed by atoms with Crippen LogP contribution in [0.2, 0.25) is 0 Å². The Morgan fingerprint density at radius 3 is 1.45 bits per heavy atom. The lowest BCUT2D eigenvalue weighted by Gasteiger charge is -2.07. The third-order valence-electron chi connectivity index (χ3n) is 3.79. The Labute approximate surface area is 115 Å². The quantitative estimate of drug-likeness (QED) is 0.455. The lowest BCUT2D eigenvalue weighted by atomic mass is 9.99. The van der Waals surface area contributed by atoms with Gasteiger partial charge < -0.3 is 10.2 Å². The van der Waals surface area contributed by atoms with Crippen molar-refractivity contribution < 1.29 is 10.2 Å². The van der Waals surface area contributed by atoms with Gasteiger partial charge in [0.15, 0.2) is 0 Å². The highest BCUT2D eigenvalue weighted by Crippen LogP contribution is 2.33. The van der Waals surface area contributed by atoms with Crippen LogP contribution in [-0.4, -0.2) is 10.2 Å². The van der Waals surface area contributed by atoms with E-state index in [1.54, 1.807) is 12.1 Å². The second kappa shape index (κ2) is 3.87. The molecule has 0 heterocycles. The van der Waals surface area contributed by atoms with Crippen LogP contribution in [0.3, 0.4) is 0 Å². The number of phenols is 2. The van der Waals surface area contributed by atoms with Gasteiger partial charge in [0, 0.05) is 10.8 Å². The van der Waals surface area contributed by atoms with Gasteiger partial charge in [-0.15, -0.1) is 0 Å². The molecule has 20 heavy (non-hydrogen) atoms. The van der Waals surface area contributed by atoms with E-state index in [9.17, 15) is 10.2 Å². The predicted molar refractivity (Wildman–Crippen MR) is 82.3 cm³/mol. The first-order valence-electron chi connectivity index (χ1n) is 6.49. The number of hydrogen-bond donors (Lipinski definition) is 2. The van der Waals surface area contributed by atoms with Crippen molar-refractivity contribution in [1.29, 1.82) is 0 Å². The van der Waals surface area contributed by atoms with Crippen LogP contribution in [0, 0.1) is 0 Å². The Bertz CT molecular complexity index is 894. The number of fused-ring (bicyclic) bond motifs is 3. The number of rotatable bonds is 0. The van der Waals surface area contributed by atoms with E-state index in [2.05, 4.69) is 12.1 Å². The highest BCUT2D eigenvalue weighted by Gasteiger charge is 2.05. The highest BCUT2D eigenvalue weighted by atomic mass is 16.3. The Kier molecular flexibility index (Phi) is 2.15. The molecule has 4 rings (SSSR count). The normalized spacial score (nSPS) is 11.4. The molecule has 0 aliphatic carbocycles. The third-order valence-corrected chi connectivity index (χ3v) is 3.79. The molecule has 0 aliphatic rings. The molecular weight excluding hydrogens is 248 g/mol. The summed E-state index contributed by atoms with van der Waals surface area (Å²) in [6, 6.07) is 19.1. The topological polar surface area (TPSA) is 40.5 Å². The molecule has 0 bridgehead atoms. The van der Waals surface area contributed by atoms with Gasteiger partial charge in [-0.3, -0.25) is 0 Å². The van der Waals surface area contributed by atoms with E-state index >= 15 is 0 Å². The summed E-state index contributed by atoms with van der Waals surface area (Å²) in [5, 5.41) is 25.7. The number of phenolic OH excluding ortho intramolecular Hbond substituents is 2. The number of benzene rings is 4. The second-order valence-corrected chi connectivity index (χ2v) is 5.05. The van der Waals surface area contributed by atoms with Crippen LogP contribution in [0.15, 0.2) is 60.7 Å². The van der Waals surface area contributed by atoms with Crippen LogP contribution >= 0.6 is 0 Å². The van der Waals surface area contributed by atoms with Crippen molar-refractivity contribution in [2.45, 2.75) is 0 Å². The standard InChI is InChI=1S/C18H12O2/c19-17-5-1-3-11-7-13-8-12-4-2-6-18(20)16(12)10-14(13)9-15(11)17/h1-10,19-20H. The van der Waals surface area contributed by atoms with Crippen molar-refractivity contribution in [2.24, 2.45) is 0 Å². The molecule has 0 fully saturated rings. The fraction of sp³-hybridized carbons (Fsp3) is 0. The first kappa shape index (κ1) is 11.1. The van der Waals surface area contributed by atoms with Gasteiger partial charge in [0.05, 0.1) is 0 Å². The molecule has 0 amide bonds. The van der Waals surface area contributed by atoms with Crippen molar-refractivity contribution in [2.75, 3.05) is 0 Å². The molecule has 4 aromatic carbocycles. The predicted octanol–water partition coefficient (Wildman–Crippen LogP) is 4.56. The van der Waals surface area contributed by atoms with Crippen molar-refractivity contribution in [3.8, 4) is 11.5 Å². The largest absolute Gasteiger partial charge is 0.507 e. The molecule has 0 spiro atoms. The fourth-order valence-corrected chi connectivity index (χ4v) is 2.77. The van der Waals surface area contributed by atoms with Crippen LogP contribution < -0.4 is 0 Å². The summed E-state index contributed by atoms with van der Waals surface area (Å²) in [6.07, 6.45) is 0. The molecule has 2 heteroatoms. The van der Waals surface area contributed by atoms with E-state index in [0.29, 0.717) is 0 Å². The Morgan fingerprint density at radius 1 is 0.500 bits per heavy atom. The summed E-state index contributed by atoms with van der Waals surface area (Å²) >= 11 is 0. The molecule has 0 saturated heterocycles. The molecule has 0 radical (unpaired) electrons. The molecule has 4 aromatic rings. The third kappa shape index (κ3) is 1.51. The van der Waals surface area contributed by atoms with E-state index in [0.717, 1.165) is 32.3 Å². The van der Waals surface area contributed by atoms with Crippen molar-refractivity contribution in [3.63, 3.8) is 0 Å². The summed E-state index contributed by atoms with van der Waals surface area (Å²) in [5.74, 6) is 0.559. The molecule has 0 atom stereocenters. The Morgan fingerprint density at radius 2 is 0.950 bits per heavy atom. The minimum Gasteiger partial charge on any atom is -0.507 e. The second-order valence-electron chi connectivity index (χ2n) is 5.05. The van der Waals surface area contributed by atoms with Crippen molar-refractivity contribution >= 4 is 32.3 Å². The first-order valence-corrected chi connectivity index (χ1v) is 6.49. The molecule has 0 unspecified atom stereocenters. The smallest absolute Gasteiger partial charge is 0.123 e. The van der Waals surface area contributed by atoms with Crippen molar-refractivity contribution in [1.82, 2.24) is 0 Å². The SMILES string of the molecule is Oc1cccc2cc3cc4cccc(O)c4cc3cc12. The van der Waals surface area contributed by atoms with Gasteiger partial charge in [0.25, 0.3) is 0 Å². The van der Waals surface area contributed by atoms with Crippen LogP contribution in [0.25, 0.3) is 32.3 Å². The lowest BCUT2D eigenvalue weighted by molar-refractivity contribution is 0.481. The minimum atomic E-state index is 0.279. The molecule has 0 aliphatic heterocycles. The van der Waals surface area contributed by atoms with E-state index in [1.165, 1.54) is 0 Å². The zero-order valence-corrected chi connectivity index (χ0v) is 10.7. The maximum Gasteiger partial charge on any atom is 0.123 e. The Balaban J connectivity index is 2.20. The zero-order valence-electron chi connectivity index (χ0n) is 10.7. The molecule has 2 N–H and O–H groups in total. The van der Waals surface area contributed by atoms with Gasteiger partial charge in [-0.2, -0.15) is 0 Å². The minimum absolute atomic E-state index is 0.279. The van der Waals surface area contributed by atoms with Gasteiger partial charge in [0.2, 0.25) is 0 Å². The van der Waals surface area contributed by atoms with Crippen LogP contribution in [0.4, 0.5) is 0 Å². The number of hydrogen-bond acceptors (Lipinski definition) is 2. The van der Waals surface area contributed by atoms with Crippen LogP contribution in [-0.2, 0) is 0 Å². The summed E-state index contributed by atoms with van der Waals surface area (Å²) < 4.78 is 0. The average molecular weight is 260 g/mol. The summed E-state index contributed by atoms with van der Waals surface area (Å²) in [4.78, 5) is 0. The molecular formula is C18H12O2. The highest BCUT2D eigenvalue weighted by molar-refractivity contribution is 6.07. The fourth-order valence-electron chi connectivity index (χ4n) is 2.77. The van der Waals surface area contributed by atoms with E-state index < -0.39 is 0 Å². The first-order chi connectivity index (χ1) is 9.72. The number of aromatic hydroxyl groups is 2. The monoisotopic (exact) mass is 260 g/mol. The van der Waals surface area contributed by atoms with Gasteiger partial charge >= 0.3 is 0 Å². The maximum absolute atomic E-state index is 9.95. The van der Waals surface area contributed by atoms with E-state index in [4.69, 9.17) is 0 Å². The van der Waals surface area contributed by atoms with Gasteiger partial charge in [-0.1, -0.05) is 24.3 Å². The van der Waals surface area contributed by atoms with E-state index in [-0.39, 0.29) is 11.5 Å². The van der Waals surface area contributed by atoms with Crippen molar-refractivity contribution in [3.05, 3.63) is 60.7 Å². The van der Waals surface area contributed by atoms with Gasteiger partial charge in [-0.05, 0) is 57.9 Å². The summed E-state index contributed by atoms with van der Waals surface area (Å²) in [5.41, 5.74) is 0. The molecule has 2 nitrogen and oxygen atoms in total. The molecule has 0 saturated carbocycles. The summed E-state index contributed by atoms with van der Waals surface area (Å²) in [6.45, 7) is 0. The average Bonchev–Trinajstić information content (AvgIpc) is 2.45. The summed E-state index contributed by atoms with van der Waals surface area (Å²) in [7, 11) is 0. The van der Waals surface area contributed by atoms with Crippen LogP contribution in [0.1, 0.15) is 0 Å². The zero-order chi connectivity index (χ0) is 13.7. The Hall–Kier alpha value is -2.74. The maximum atomic E-state index is 9.95. The van der Waals surface area contributed by atoms with Gasteiger partial charge in [-0.25, -0.2) is 0 Å².